The molecule has 1 heterocycles. The van der Waals surface area contributed by atoms with Crippen LogP contribution >= 0.6 is 0 Å². The lowest BCUT2D eigenvalue weighted by molar-refractivity contribution is -0.134. The van der Waals surface area contributed by atoms with Crippen LogP contribution in [0.5, 0.6) is 0 Å². The van der Waals surface area contributed by atoms with Gasteiger partial charge in [0.1, 0.15) is 23.2 Å². The van der Waals surface area contributed by atoms with Crippen molar-refractivity contribution in [2.75, 3.05) is 14.2 Å². The van der Waals surface area contributed by atoms with Crippen molar-refractivity contribution >= 4 is 28.8 Å². The average Bonchev–Trinajstić information content (AvgIpc) is 2.84. The van der Waals surface area contributed by atoms with Gasteiger partial charge in [-0.15, -0.1) is 0 Å². The van der Waals surface area contributed by atoms with E-state index in [4.69, 9.17) is 14.2 Å². The van der Waals surface area contributed by atoms with Gasteiger partial charge in [0.15, 0.2) is 0 Å². The molecule has 126 valence electrons. The van der Waals surface area contributed by atoms with Crippen molar-refractivity contribution in [3.63, 3.8) is 0 Å². The zero-order valence-corrected chi connectivity index (χ0v) is 13.8. The van der Waals surface area contributed by atoms with E-state index < -0.39 is 11.9 Å². The molecule has 0 aliphatic carbocycles. The molecule has 0 bridgehead atoms. The van der Waals surface area contributed by atoms with Crippen molar-refractivity contribution in [1.82, 2.24) is 0 Å². The zero-order valence-electron chi connectivity index (χ0n) is 13.8. The Kier molecular flexibility index (Phi) is 4.66. The molecule has 25 heavy (non-hydrogen) atoms. The SMILES string of the molecule is COC(=O)C1=COC(c2ccccc2)=C(C(=O)OC)c2ccccc21. The van der Waals surface area contributed by atoms with Crippen LogP contribution in [0.4, 0.5) is 0 Å². The van der Waals surface area contributed by atoms with E-state index in [0.29, 0.717) is 22.4 Å². The zero-order chi connectivity index (χ0) is 17.8. The van der Waals surface area contributed by atoms with Gasteiger partial charge in [0, 0.05) is 16.7 Å². The van der Waals surface area contributed by atoms with Crippen LogP contribution in [0.15, 0.2) is 60.9 Å². The Hall–Kier alpha value is -3.34. The molecule has 2 aromatic rings. The van der Waals surface area contributed by atoms with Crippen molar-refractivity contribution in [1.29, 1.82) is 0 Å². The maximum absolute atomic E-state index is 12.5. The molecular formula is C20H16O5. The Morgan fingerprint density at radius 1 is 0.800 bits per heavy atom. The fourth-order valence-corrected chi connectivity index (χ4v) is 2.67. The minimum Gasteiger partial charge on any atom is -0.465 e. The molecule has 5 nitrogen and oxygen atoms in total. The monoisotopic (exact) mass is 336 g/mol. The Bertz CT molecular complexity index is 878. The van der Waals surface area contributed by atoms with Crippen LogP contribution in [-0.4, -0.2) is 26.2 Å². The highest BCUT2D eigenvalue weighted by molar-refractivity contribution is 6.27. The van der Waals surface area contributed by atoms with Crippen LogP contribution in [0.25, 0.3) is 16.9 Å². The summed E-state index contributed by atoms with van der Waals surface area (Å²) in [6, 6.07) is 16.2. The Morgan fingerprint density at radius 2 is 1.40 bits per heavy atom. The van der Waals surface area contributed by atoms with Gasteiger partial charge in [-0.05, 0) is 0 Å². The van der Waals surface area contributed by atoms with Gasteiger partial charge in [-0.3, -0.25) is 0 Å². The number of carbonyl (C=O) groups is 2. The summed E-state index contributed by atoms with van der Waals surface area (Å²) in [4.78, 5) is 24.7. The van der Waals surface area contributed by atoms with Crippen LogP contribution in [0, 0.1) is 0 Å². The van der Waals surface area contributed by atoms with Gasteiger partial charge < -0.3 is 14.2 Å². The molecule has 0 unspecified atom stereocenters. The molecule has 0 aromatic heterocycles. The highest BCUT2D eigenvalue weighted by Crippen LogP contribution is 2.37. The molecule has 0 spiro atoms. The Balaban J connectivity index is 2.31. The number of rotatable bonds is 3. The van der Waals surface area contributed by atoms with Crippen molar-refractivity contribution in [2.45, 2.75) is 0 Å². The fourth-order valence-electron chi connectivity index (χ4n) is 2.67. The summed E-state index contributed by atoms with van der Waals surface area (Å²) in [7, 11) is 2.60. The molecule has 0 saturated carbocycles. The first-order valence-electron chi connectivity index (χ1n) is 7.60. The molecule has 2 aromatic carbocycles. The van der Waals surface area contributed by atoms with E-state index >= 15 is 0 Å². The summed E-state index contributed by atoms with van der Waals surface area (Å²) in [6.07, 6.45) is 1.31. The first-order chi connectivity index (χ1) is 12.2. The van der Waals surface area contributed by atoms with E-state index in [1.165, 1.54) is 20.5 Å². The van der Waals surface area contributed by atoms with Gasteiger partial charge in [0.2, 0.25) is 0 Å². The third-order valence-corrected chi connectivity index (χ3v) is 3.84. The highest BCUT2D eigenvalue weighted by atomic mass is 16.5. The van der Waals surface area contributed by atoms with E-state index in [0.717, 1.165) is 0 Å². The normalized spacial score (nSPS) is 13.1. The number of methoxy groups -OCH3 is 2. The predicted octanol–water partition coefficient (Wildman–Crippen LogP) is 3.27. The van der Waals surface area contributed by atoms with Crippen molar-refractivity contribution < 1.29 is 23.8 Å². The number of benzene rings is 2. The second-order valence-corrected chi connectivity index (χ2v) is 5.25. The Morgan fingerprint density at radius 3 is 2.04 bits per heavy atom. The molecule has 5 heteroatoms. The molecule has 0 amide bonds. The van der Waals surface area contributed by atoms with Gasteiger partial charge in [-0.25, -0.2) is 9.59 Å². The number of carbonyl (C=O) groups excluding carboxylic acids is 2. The minimum atomic E-state index is -0.550. The minimum absolute atomic E-state index is 0.227. The first-order valence-corrected chi connectivity index (χ1v) is 7.60. The maximum Gasteiger partial charge on any atom is 0.342 e. The van der Waals surface area contributed by atoms with Crippen molar-refractivity contribution in [2.24, 2.45) is 0 Å². The number of ether oxygens (including phenoxy) is 3. The molecular weight excluding hydrogens is 320 g/mol. The van der Waals surface area contributed by atoms with Gasteiger partial charge >= 0.3 is 11.9 Å². The lowest BCUT2D eigenvalue weighted by Crippen LogP contribution is -2.09. The molecule has 0 radical (unpaired) electrons. The molecule has 0 saturated heterocycles. The molecule has 0 N–H and O–H groups in total. The van der Waals surface area contributed by atoms with E-state index in [-0.39, 0.29) is 11.1 Å². The van der Waals surface area contributed by atoms with E-state index in [1.54, 1.807) is 24.3 Å². The lowest BCUT2D eigenvalue weighted by atomic mass is 9.93. The predicted molar refractivity (Wildman–Crippen MR) is 92.8 cm³/mol. The third-order valence-electron chi connectivity index (χ3n) is 3.84. The molecule has 1 aliphatic heterocycles. The molecule has 1 aliphatic rings. The maximum atomic E-state index is 12.5. The quantitative estimate of drug-likeness (QED) is 0.805. The fraction of sp³-hybridized carbons (Fsp3) is 0.100. The lowest BCUT2D eigenvalue weighted by Gasteiger charge is -2.13. The van der Waals surface area contributed by atoms with Gasteiger partial charge in [-0.1, -0.05) is 54.6 Å². The van der Waals surface area contributed by atoms with Crippen LogP contribution in [0.3, 0.4) is 0 Å². The highest BCUT2D eigenvalue weighted by Gasteiger charge is 2.29. The summed E-state index contributed by atoms with van der Waals surface area (Å²) < 4.78 is 15.6. The summed E-state index contributed by atoms with van der Waals surface area (Å²) >= 11 is 0. The summed E-state index contributed by atoms with van der Waals surface area (Å²) in [6.45, 7) is 0. The summed E-state index contributed by atoms with van der Waals surface area (Å²) in [5, 5.41) is 0. The van der Waals surface area contributed by atoms with Crippen LogP contribution in [0.2, 0.25) is 0 Å². The van der Waals surface area contributed by atoms with Crippen molar-refractivity contribution in [3.05, 3.63) is 77.5 Å². The van der Waals surface area contributed by atoms with Gasteiger partial charge in [0.05, 0.1) is 14.2 Å². The van der Waals surface area contributed by atoms with Gasteiger partial charge in [0.25, 0.3) is 0 Å². The second kappa shape index (κ2) is 7.05. The number of fused-ring (bicyclic) bond motifs is 1. The van der Waals surface area contributed by atoms with E-state index in [1.807, 2.05) is 30.3 Å². The summed E-state index contributed by atoms with van der Waals surface area (Å²) in [5.74, 6) is -0.782. The van der Waals surface area contributed by atoms with Crippen LogP contribution < -0.4 is 0 Å². The van der Waals surface area contributed by atoms with Crippen molar-refractivity contribution in [3.8, 4) is 0 Å². The molecule has 0 fully saturated rings. The smallest absolute Gasteiger partial charge is 0.342 e. The number of hydrogen-bond acceptors (Lipinski definition) is 5. The molecule has 3 rings (SSSR count). The van der Waals surface area contributed by atoms with E-state index in [2.05, 4.69) is 0 Å². The largest absolute Gasteiger partial charge is 0.465 e. The third kappa shape index (κ3) is 3.04. The summed E-state index contributed by atoms with van der Waals surface area (Å²) in [5.41, 5.74) is 2.26. The second-order valence-electron chi connectivity index (χ2n) is 5.25. The number of hydrogen-bond donors (Lipinski definition) is 0. The average molecular weight is 336 g/mol. The van der Waals surface area contributed by atoms with Gasteiger partial charge in [-0.2, -0.15) is 0 Å². The first kappa shape index (κ1) is 16.5. The van der Waals surface area contributed by atoms with Crippen LogP contribution in [0.1, 0.15) is 16.7 Å². The Labute approximate surface area is 145 Å². The topological polar surface area (TPSA) is 61.8 Å². The standard InChI is InChI=1S/C20H16O5/c1-23-19(21)16-12-25-18(13-8-4-3-5-9-13)17(20(22)24-2)15-11-7-6-10-14(15)16/h3-12H,1-2H3. The van der Waals surface area contributed by atoms with E-state index in [9.17, 15) is 9.59 Å². The van der Waals surface area contributed by atoms with Crippen LogP contribution in [-0.2, 0) is 23.8 Å². The number of esters is 2. The molecule has 0 atom stereocenters.